The molecule has 140 valence electrons. The lowest BCUT2D eigenvalue weighted by Crippen LogP contribution is -2.45. The molecule has 2 atom stereocenters. The molecule has 2 saturated heterocycles. The van der Waals surface area contributed by atoms with Gasteiger partial charge in [-0.2, -0.15) is 0 Å². The summed E-state index contributed by atoms with van der Waals surface area (Å²) >= 11 is 0. The predicted octanol–water partition coefficient (Wildman–Crippen LogP) is 1.82. The van der Waals surface area contributed by atoms with Crippen LogP contribution >= 0.6 is 0 Å². The number of nitrogens with zero attached hydrogens (tertiary/aromatic N) is 1. The smallest absolute Gasteiger partial charge is 0.311 e. The number of hydrogen-bond acceptors (Lipinski definition) is 5. The Labute approximate surface area is 152 Å². The van der Waals surface area contributed by atoms with E-state index >= 15 is 0 Å². The number of ether oxygens (including phenoxy) is 3. The Kier molecular flexibility index (Phi) is 5.18. The first kappa shape index (κ1) is 18.3. The third-order valence-electron chi connectivity index (χ3n) is 5.20. The zero-order valence-corrected chi connectivity index (χ0v) is 14.8. The van der Waals surface area contributed by atoms with Crippen molar-refractivity contribution in [3.8, 4) is 11.5 Å². The molecule has 2 heterocycles. The molecule has 2 fully saturated rings. The van der Waals surface area contributed by atoms with Crippen molar-refractivity contribution in [1.82, 2.24) is 4.90 Å². The molecule has 0 radical (unpaired) electrons. The van der Waals surface area contributed by atoms with Crippen molar-refractivity contribution in [2.75, 3.05) is 40.0 Å². The quantitative estimate of drug-likeness (QED) is 0.778. The van der Waals surface area contributed by atoms with E-state index in [1.54, 1.807) is 29.2 Å². The first-order valence-electron chi connectivity index (χ1n) is 8.54. The van der Waals surface area contributed by atoms with E-state index in [-0.39, 0.29) is 25.0 Å². The van der Waals surface area contributed by atoms with E-state index in [2.05, 4.69) is 6.58 Å². The third-order valence-corrected chi connectivity index (χ3v) is 5.20. The summed E-state index contributed by atoms with van der Waals surface area (Å²) < 4.78 is 16.3. The Hall–Kier alpha value is -2.54. The number of rotatable bonds is 6. The SMILES string of the molecule is C=CCOc1cc(OC)ccc1C(=O)N1C[C@H]2COCC[C@@]2(C(=O)O)C1. The average molecular weight is 361 g/mol. The van der Waals surface area contributed by atoms with Crippen LogP contribution in [-0.2, 0) is 9.53 Å². The first-order valence-corrected chi connectivity index (χ1v) is 8.54. The van der Waals surface area contributed by atoms with Gasteiger partial charge in [-0.1, -0.05) is 12.7 Å². The highest BCUT2D eigenvalue weighted by Crippen LogP contribution is 2.43. The number of carbonyl (C=O) groups is 2. The molecule has 1 aromatic carbocycles. The van der Waals surface area contributed by atoms with Crippen LogP contribution in [0.1, 0.15) is 16.8 Å². The number of methoxy groups -OCH3 is 1. The van der Waals surface area contributed by atoms with E-state index in [1.165, 1.54) is 7.11 Å². The number of aliphatic carboxylic acids is 1. The molecule has 7 heteroatoms. The fourth-order valence-corrected chi connectivity index (χ4v) is 3.70. The summed E-state index contributed by atoms with van der Waals surface area (Å²) in [4.78, 5) is 26.6. The van der Waals surface area contributed by atoms with Gasteiger partial charge in [0.1, 0.15) is 18.1 Å². The molecule has 7 nitrogen and oxygen atoms in total. The number of carbonyl (C=O) groups excluding carboxylic acids is 1. The van der Waals surface area contributed by atoms with Crippen molar-refractivity contribution in [2.24, 2.45) is 11.3 Å². The second kappa shape index (κ2) is 7.37. The van der Waals surface area contributed by atoms with Gasteiger partial charge in [0.25, 0.3) is 5.91 Å². The van der Waals surface area contributed by atoms with E-state index in [4.69, 9.17) is 14.2 Å². The maximum atomic E-state index is 13.1. The third kappa shape index (κ3) is 3.14. The monoisotopic (exact) mass is 361 g/mol. The highest BCUT2D eigenvalue weighted by Gasteiger charge is 2.55. The van der Waals surface area contributed by atoms with Gasteiger partial charge in [-0.25, -0.2) is 0 Å². The molecule has 0 unspecified atom stereocenters. The highest BCUT2D eigenvalue weighted by molar-refractivity contribution is 5.98. The minimum absolute atomic E-state index is 0.183. The predicted molar refractivity (Wildman–Crippen MR) is 93.6 cm³/mol. The van der Waals surface area contributed by atoms with Gasteiger partial charge < -0.3 is 24.2 Å². The maximum Gasteiger partial charge on any atom is 0.311 e. The van der Waals surface area contributed by atoms with Crippen LogP contribution < -0.4 is 9.47 Å². The molecule has 0 spiro atoms. The van der Waals surface area contributed by atoms with Gasteiger partial charge in [-0.15, -0.1) is 0 Å². The largest absolute Gasteiger partial charge is 0.497 e. The second-order valence-corrected chi connectivity index (χ2v) is 6.63. The van der Waals surface area contributed by atoms with Gasteiger partial charge >= 0.3 is 5.97 Å². The topological polar surface area (TPSA) is 85.3 Å². The van der Waals surface area contributed by atoms with Crippen molar-refractivity contribution >= 4 is 11.9 Å². The number of hydrogen-bond donors (Lipinski definition) is 1. The first-order chi connectivity index (χ1) is 12.5. The van der Waals surface area contributed by atoms with Crippen molar-refractivity contribution in [1.29, 1.82) is 0 Å². The fourth-order valence-electron chi connectivity index (χ4n) is 3.70. The lowest BCUT2D eigenvalue weighted by molar-refractivity contribution is -0.157. The number of carboxylic acids is 1. The van der Waals surface area contributed by atoms with Gasteiger partial charge in [0.15, 0.2) is 0 Å². The lowest BCUT2D eigenvalue weighted by Gasteiger charge is -2.33. The summed E-state index contributed by atoms with van der Waals surface area (Å²) in [5.74, 6) is -0.343. The molecule has 0 saturated carbocycles. The van der Waals surface area contributed by atoms with Gasteiger partial charge in [0, 0.05) is 31.7 Å². The molecule has 3 rings (SSSR count). The van der Waals surface area contributed by atoms with Crippen LogP contribution in [0.2, 0.25) is 0 Å². The van der Waals surface area contributed by atoms with Crippen molar-refractivity contribution in [3.63, 3.8) is 0 Å². The minimum Gasteiger partial charge on any atom is -0.497 e. The van der Waals surface area contributed by atoms with Gasteiger partial charge in [-0.05, 0) is 18.6 Å². The summed E-state index contributed by atoms with van der Waals surface area (Å²) in [6, 6.07) is 4.98. The Morgan fingerprint density at radius 1 is 1.50 bits per heavy atom. The average Bonchev–Trinajstić information content (AvgIpc) is 3.06. The molecule has 1 aromatic rings. The molecule has 2 aliphatic heterocycles. The van der Waals surface area contributed by atoms with Crippen LogP contribution in [0.3, 0.4) is 0 Å². The minimum atomic E-state index is -0.928. The molecule has 0 bridgehead atoms. The normalized spacial score (nSPS) is 24.7. The van der Waals surface area contributed by atoms with Crippen molar-refractivity contribution in [2.45, 2.75) is 6.42 Å². The molecular formula is C19H23NO6. The summed E-state index contributed by atoms with van der Waals surface area (Å²) in [7, 11) is 1.54. The highest BCUT2D eigenvalue weighted by atomic mass is 16.5. The van der Waals surface area contributed by atoms with Crippen LogP contribution in [0, 0.1) is 11.3 Å². The van der Waals surface area contributed by atoms with Gasteiger partial charge in [-0.3, -0.25) is 9.59 Å². The second-order valence-electron chi connectivity index (χ2n) is 6.63. The zero-order valence-electron chi connectivity index (χ0n) is 14.8. The van der Waals surface area contributed by atoms with E-state index in [0.29, 0.717) is 43.2 Å². The summed E-state index contributed by atoms with van der Waals surface area (Å²) in [6.07, 6.45) is 2.01. The molecule has 26 heavy (non-hydrogen) atoms. The van der Waals surface area contributed by atoms with Crippen LogP contribution in [0.25, 0.3) is 0 Å². The standard InChI is InChI=1S/C19H23NO6/c1-3-7-26-16-9-14(24-2)4-5-15(16)17(21)20-10-13-11-25-8-6-19(13,12-20)18(22)23/h3-5,9,13H,1,6-8,10-12H2,2H3,(H,22,23)/t13-,19+/m0/s1. The summed E-state index contributed by atoms with van der Waals surface area (Å²) in [5.41, 5.74) is -0.546. The maximum absolute atomic E-state index is 13.1. The Morgan fingerprint density at radius 2 is 2.31 bits per heavy atom. The Bertz CT molecular complexity index is 718. The van der Waals surface area contributed by atoms with Crippen LogP contribution in [0.4, 0.5) is 0 Å². The van der Waals surface area contributed by atoms with Crippen LogP contribution in [0.5, 0.6) is 11.5 Å². The number of amides is 1. The lowest BCUT2D eigenvalue weighted by atomic mass is 9.74. The Morgan fingerprint density at radius 3 is 2.96 bits per heavy atom. The van der Waals surface area contributed by atoms with Gasteiger partial charge in [0.05, 0.1) is 24.7 Å². The fraction of sp³-hybridized carbons (Fsp3) is 0.474. The van der Waals surface area contributed by atoms with E-state index in [9.17, 15) is 14.7 Å². The van der Waals surface area contributed by atoms with Crippen LogP contribution in [-0.4, -0.2) is 61.9 Å². The van der Waals surface area contributed by atoms with E-state index < -0.39 is 11.4 Å². The van der Waals surface area contributed by atoms with Gasteiger partial charge in [0.2, 0.25) is 0 Å². The van der Waals surface area contributed by atoms with Crippen LogP contribution in [0.15, 0.2) is 30.9 Å². The molecule has 0 aromatic heterocycles. The molecular weight excluding hydrogens is 338 g/mol. The molecule has 0 aliphatic carbocycles. The number of benzene rings is 1. The summed E-state index contributed by atoms with van der Waals surface area (Å²) in [5, 5.41) is 9.76. The molecule has 1 amide bonds. The zero-order chi connectivity index (χ0) is 18.7. The Balaban J connectivity index is 1.87. The van der Waals surface area contributed by atoms with E-state index in [0.717, 1.165) is 0 Å². The van der Waals surface area contributed by atoms with E-state index in [1.807, 2.05) is 0 Å². The van der Waals surface area contributed by atoms with Crippen molar-refractivity contribution in [3.05, 3.63) is 36.4 Å². The van der Waals surface area contributed by atoms with Crippen molar-refractivity contribution < 1.29 is 28.9 Å². The number of fused-ring (bicyclic) bond motifs is 1. The molecule has 2 aliphatic rings. The summed E-state index contributed by atoms with van der Waals surface area (Å²) in [6.45, 7) is 5.18. The molecule has 1 N–H and O–H groups in total. The number of carboxylic acid groups (broad SMARTS) is 1. The number of likely N-dealkylation sites (tertiary alicyclic amines) is 1.